The van der Waals surface area contributed by atoms with Gasteiger partial charge in [0.25, 0.3) is 0 Å². The van der Waals surface area contributed by atoms with Gasteiger partial charge in [-0.3, -0.25) is 4.79 Å². The van der Waals surface area contributed by atoms with E-state index in [1.165, 1.54) is 18.4 Å². The third-order valence-electron chi connectivity index (χ3n) is 2.87. The van der Waals surface area contributed by atoms with Gasteiger partial charge in [0, 0.05) is 10.9 Å². The number of thiophene rings is 1. The molecule has 0 unspecified atom stereocenters. The standard InChI is InChI=1S/C16H13NO3S/c1-19-14-4-3-11(8-15(14)20-2)7-13(9-17)16(18)12-5-6-21-10-12/h3-8,10H,1-2H3/b13-7+. The molecule has 0 aliphatic rings. The number of carbonyl (C=O) groups is 1. The predicted molar refractivity (Wildman–Crippen MR) is 81.8 cm³/mol. The van der Waals surface area contributed by atoms with Crippen LogP contribution < -0.4 is 9.47 Å². The van der Waals surface area contributed by atoms with E-state index in [1.807, 2.05) is 6.07 Å². The molecule has 0 radical (unpaired) electrons. The van der Waals surface area contributed by atoms with Gasteiger partial charge in [-0.05, 0) is 35.2 Å². The largest absolute Gasteiger partial charge is 0.493 e. The fraction of sp³-hybridized carbons (Fsp3) is 0.125. The van der Waals surface area contributed by atoms with Gasteiger partial charge in [-0.15, -0.1) is 0 Å². The maximum absolute atomic E-state index is 12.2. The lowest BCUT2D eigenvalue weighted by Crippen LogP contribution is -2.00. The van der Waals surface area contributed by atoms with Crippen LogP contribution in [0.25, 0.3) is 6.08 Å². The zero-order valence-electron chi connectivity index (χ0n) is 11.6. The van der Waals surface area contributed by atoms with Gasteiger partial charge in [-0.25, -0.2) is 0 Å². The van der Waals surface area contributed by atoms with E-state index in [4.69, 9.17) is 9.47 Å². The van der Waals surface area contributed by atoms with E-state index in [9.17, 15) is 10.1 Å². The first-order valence-electron chi connectivity index (χ1n) is 6.10. The highest BCUT2D eigenvalue weighted by Gasteiger charge is 2.13. The van der Waals surface area contributed by atoms with Crippen LogP contribution in [-0.2, 0) is 0 Å². The van der Waals surface area contributed by atoms with Crippen LogP contribution >= 0.6 is 11.3 Å². The van der Waals surface area contributed by atoms with Crippen molar-refractivity contribution in [3.05, 3.63) is 51.7 Å². The van der Waals surface area contributed by atoms with Gasteiger partial charge in [0.1, 0.15) is 11.6 Å². The van der Waals surface area contributed by atoms with Crippen LogP contribution in [0.2, 0.25) is 0 Å². The fourth-order valence-corrected chi connectivity index (χ4v) is 2.44. The molecule has 0 bridgehead atoms. The maximum atomic E-state index is 12.2. The Labute approximate surface area is 126 Å². The summed E-state index contributed by atoms with van der Waals surface area (Å²) >= 11 is 1.42. The molecular formula is C16H13NO3S. The lowest BCUT2D eigenvalue weighted by molar-refractivity contribution is 0.104. The third-order valence-corrected chi connectivity index (χ3v) is 3.55. The topological polar surface area (TPSA) is 59.3 Å². The Morgan fingerprint density at radius 1 is 1.24 bits per heavy atom. The molecule has 106 valence electrons. The van der Waals surface area contributed by atoms with Crippen LogP contribution in [0.15, 0.2) is 40.6 Å². The summed E-state index contributed by atoms with van der Waals surface area (Å²) in [5.41, 5.74) is 1.31. The molecule has 0 atom stereocenters. The molecular weight excluding hydrogens is 286 g/mol. The molecule has 21 heavy (non-hydrogen) atoms. The highest BCUT2D eigenvalue weighted by atomic mass is 32.1. The van der Waals surface area contributed by atoms with Crippen LogP contribution in [0, 0.1) is 11.3 Å². The van der Waals surface area contributed by atoms with Crippen molar-refractivity contribution in [3.63, 3.8) is 0 Å². The average molecular weight is 299 g/mol. The highest BCUT2D eigenvalue weighted by Crippen LogP contribution is 2.28. The summed E-state index contributed by atoms with van der Waals surface area (Å²) < 4.78 is 10.4. The van der Waals surface area contributed by atoms with Crippen molar-refractivity contribution in [2.45, 2.75) is 0 Å². The van der Waals surface area contributed by atoms with E-state index in [1.54, 1.807) is 48.2 Å². The third kappa shape index (κ3) is 3.30. The quantitative estimate of drug-likeness (QED) is 0.481. The molecule has 1 aromatic carbocycles. The number of Topliss-reactive ketones (excluding diaryl/α,β-unsaturated/α-hetero) is 1. The SMILES string of the molecule is COc1ccc(/C=C(\C#N)C(=O)c2ccsc2)cc1OC. The van der Waals surface area contributed by atoms with E-state index >= 15 is 0 Å². The molecule has 1 heterocycles. The fourth-order valence-electron chi connectivity index (χ4n) is 1.81. The van der Waals surface area contributed by atoms with Gasteiger partial charge in [-0.2, -0.15) is 16.6 Å². The monoisotopic (exact) mass is 299 g/mol. The maximum Gasteiger partial charge on any atom is 0.204 e. The number of hydrogen-bond acceptors (Lipinski definition) is 5. The molecule has 0 fully saturated rings. The van der Waals surface area contributed by atoms with Crippen LogP contribution in [0.5, 0.6) is 11.5 Å². The summed E-state index contributed by atoms with van der Waals surface area (Å²) in [6.07, 6.45) is 1.54. The smallest absolute Gasteiger partial charge is 0.204 e. The summed E-state index contributed by atoms with van der Waals surface area (Å²) in [7, 11) is 3.08. The summed E-state index contributed by atoms with van der Waals surface area (Å²) in [5.74, 6) is 0.859. The number of allylic oxidation sites excluding steroid dienone is 1. The van der Waals surface area contributed by atoms with Gasteiger partial charge >= 0.3 is 0 Å². The van der Waals surface area contributed by atoms with Crippen molar-refractivity contribution in [1.29, 1.82) is 5.26 Å². The Hall–Kier alpha value is -2.58. The zero-order valence-corrected chi connectivity index (χ0v) is 12.4. The number of ether oxygens (including phenoxy) is 2. The first-order chi connectivity index (χ1) is 10.2. The second-order valence-corrected chi connectivity index (χ2v) is 4.91. The summed E-state index contributed by atoms with van der Waals surface area (Å²) in [6, 6.07) is 8.86. The molecule has 0 N–H and O–H groups in total. The van der Waals surface area contributed by atoms with E-state index in [-0.39, 0.29) is 11.4 Å². The second kappa shape index (κ2) is 6.73. The Morgan fingerprint density at radius 3 is 2.57 bits per heavy atom. The molecule has 5 heteroatoms. The number of methoxy groups -OCH3 is 2. The van der Waals surface area contributed by atoms with Crippen molar-refractivity contribution in [3.8, 4) is 17.6 Å². The van der Waals surface area contributed by atoms with E-state index in [0.717, 1.165) is 0 Å². The molecule has 0 spiro atoms. The molecule has 2 rings (SSSR count). The molecule has 0 saturated carbocycles. The average Bonchev–Trinajstić information content (AvgIpc) is 3.06. The van der Waals surface area contributed by atoms with E-state index in [0.29, 0.717) is 22.6 Å². The lowest BCUT2D eigenvalue weighted by Gasteiger charge is -2.07. The Bertz CT molecular complexity index is 712. The Balaban J connectivity index is 2.37. The number of hydrogen-bond donors (Lipinski definition) is 0. The van der Waals surface area contributed by atoms with Crippen LogP contribution in [0.1, 0.15) is 15.9 Å². The number of nitriles is 1. The Kier molecular flexibility index (Phi) is 4.75. The van der Waals surface area contributed by atoms with Crippen molar-refractivity contribution in [2.24, 2.45) is 0 Å². The van der Waals surface area contributed by atoms with E-state index in [2.05, 4.69) is 0 Å². The summed E-state index contributed by atoms with van der Waals surface area (Å²) in [5, 5.41) is 12.7. The number of ketones is 1. The van der Waals surface area contributed by atoms with Gasteiger partial charge in [0.05, 0.1) is 14.2 Å². The van der Waals surface area contributed by atoms with Crippen LogP contribution in [0.4, 0.5) is 0 Å². The van der Waals surface area contributed by atoms with Gasteiger partial charge in [-0.1, -0.05) is 6.07 Å². The van der Waals surface area contributed by atoms with Crippen LogP contribution in [0.3, 0.4) is 0 Å². The minimum atomic E-state index is -0.284. The normalized spacial score (nSPS) is 10.8. The molecule has 0 aliphatic carbocycles. The number of rotatable bonds is 5. The molecule has 0 aliphatic heterocycles. The van der Waals surface area contributed by atoms with Crippen LogP contribution in [-0.4, -0.2) is 20.0 Å². The van der Waals surface area contributed by atoms with Crippen molar-refractivity contribution in [1.82, 2.24) is 0 Å². The van der Waals surface area contributed by atoms with Gasteiger partial charge in [0.2, 0.25) is 5.78 Å². The molecule has 2 aromatic rings. The number of benzene rings is 1. The van der Waals surface area contributed by atoms with E-state index < -0.39 is 0 Å². The second-order valence-electron chi connectivity index (χ2n) is 4.13. The van der Waals surface area contributed by atoms with Crippen molar-refractivity contribution >= 4 is 23.2 Å². The van der Waals surface area contributed by atoms with Gasteiger partial charge < -0.3 is 9.47 Å². The summed E-state index contributed by atoms with van der Waals surface area (Å²) in [6.45, 7) is 0. The first-order valence-corrected chi connectivity index (χ1v) is 7.04. The van der Waals surface area contributed by atoms with Crippen molar-refractivity contribution < 1.29 is 14.3 Å². The molecule has 4 nitrogen and oxygen atoms in total. The zero-order chi connectivity index (χ0) is 15.2. The van der Waals surface area contributed by atoms with Gasteiger partial charge in [0.15, 0.2) is 11.5 Å². The molecule has 1 aromatic heterocycles. The minimum absolute atomic E-state index is 0.0839. The number of carbonyl (C=O) groups excluding carboxylic acids is 1. The summed E-state index contributed by atoms with van der Waals surface area (Å²) in [4.78, 5) is 12.2. The van der Waals surface area contributed by atoms with Crippen molar-refractivity contribution in [2.75, 3.05) is 14.2 Å². The first kappa shape index (κ1) is 14.8. The highest BCUT2D eigenvalue weighted by molar-refractivity contribution is 7.08. The number of nitrogens with zero attached hydrogens (tertiary/aromatic N) is 1. The minimum Gasteiger partial charge on any atom is -0.493 e. The Morgan fingerprint density at radius 2 is 2.00 bits per heavy atom. The molecule has 0 amide bonds. The molecule has 0 saturated heterocycles. The lowest BCUT2D eigenvalue weighted by atomic mass is 10.0. The predicted octanol–water partition coefficient (Wildman–Crippen LogP) is 3.56.